The van der Waals surface area contributed by atoms with Gasteiger partial charge in [-0.05, 0) is 50.5 Å². The molecule has 1 aliphatic rings. The summed E-state index contributed by atoms with van der Waals surface area (Å²) < 4.78 is 13.9. The first-order valence-electron chi connectivity index (χ1n) is 7.05. The van der Waals surface area contributed by atoms with E-state index in [1.807, 2.05) is 0 Å². The highest BCUT2D eigenvalue weighted by Gasteiger charge is 2.29. The predicted octanol–water partition coefficient (Wildman–Crippen LogP) is 2.25. The monoisotopic (exact) mass is 295 g/mol. The van der Waals surface area contributed by atoms with Gasteiger partial charge in [-0.3, -0.25) is 0 Å². The van der Waals surface area contributed by atoms with Gasteiger partial charge in [0.2, 0.25) is 0 Å². The maximum Gasteiger partial charge on any atom is 0.337 e. The number of hydrogen-bond donors (Lipinski definition) is 3. The highest BCUT2D eigenvalue weighted by Crippen LogP contribution is 2.31. The van der Waals surface area contributed by atoms with E-state index in [0.29, 0.717) is 6.54 Å². The van der Waals surface area contributed by atoms with Gasteiger partial charge in [0.1, 0.15) is 5.82 Å². The topological polar surface area (TPSA) is 78.6 Å². The molecule has 1 heterocycles. The zero-order valence-electron chi connectivity index (χ0n) is 12.4. The first-order chi connectivity index (χ1) is 9.81. The number of nitrogens with one attached hydrogen (secondary N) is 1. The second-order valence-electron chi connectivity index (χ2n) is 6.19. The number of rotatable bonds is 4. The lowest BCUT2D eigenvalue weighted by Crippen LogP contribution is -2.40. The Kier molecular flexibility index (Phi) is 4.37. The van der Waals surface area contributed by atoms with E-state index in [0.717, 1.165) is 32.0 Å². The number of likely N-dealkylation sites (tertiary alicyclic amines) is 1. The fourth-order valence-corrected chi connectivity index (χ4v) is 2.55. The molecule has 5 nitrogen and oxygen atoms in total. The van der Waals surface area contributed by atoms with Crippen LogP contribution in [0.25, 0.3) is 0 Å². The largest absolute Gasteiger partial charge is 0.478 e. The minimum atomic E-state index is -1.15. The number of carboxylic acid groups (broad SMARTS) is 1. The average Bonchev–Trinajstić information content (AvgIpc) is 2.41. The van der Waals surface area contributed by atoms with Crippen LogP contribution in [0.15, 0.2) is 12.1 Å². The van der Waals surface area contributed by atoms with Crippen LogP contribution in [0.5, 0.6) is 0 Å². The van der Waals surface area contributed by atoms with Crippen molar-refractivity contribution in [2.24, 2.45) is 5.41 Å². The molecule has 0 aliphatic carbocycles. The molecule has 21 heavy (non-hydrogen) atoms. The standard InChI is InChI=1S/C15H22FN3O2/c1-15(3-5-19(2)6-4-15)9-18-13-7-10(14(20)21)12(17)8-11(13)16/h7-8,18H,3-6,9,17H2,1-2H3,(H,20,21). The summed E-state index contributed by atoms with van der Waals surface area (Å²) >= 11 is 0. The molecule has 4 N–H and O–H groups in total. The summed E-state index contributed by atoms with van der Waals surface area (Å²) in [6.07, 6.45) is 2.05. The van der Waals surface area contributed by atoms with Crippen LogP contribution in [-0.4, -0.2) is 42.7 Å². The number of anilines is 2. The third kappa shape index (κ3) is 3.64. The van der Waals surface area contributed by atoms with Crippen molar-refractivity contribution in [3.05, 3.63) is 23.5 Å². The van der Waals surface area contributed by atoms with Crippen LogP contribution in [0.3, 0.4) is 0 Å². The van der Waals surface area contributed by atoms with E-state index in [4.69, 9.17) is 10.8 Å². The average molecular weight is 295 g/mol. The number of halogens is 1. The molecule has 6 heteroatoms. The number of aromatic carboxylic acids is 1. The maximum absolute atomic E-state index is 13.9. The SMILES string of the molecule is CN1CCC(C)(CNc2cc(C(=O)O)c(N)cc2F)CC1. The van der Waals surface area contributed by atoms with Crippen LogP contribution in [0.4, 0.5) is 15.8 Å². The second kappa shape index (κ2) is 5.89. The molecule has 0 radical (unpaired) electrons. The number of nitrogens with zero attached hydrogens (tertiary/aromatic N) is 1. The Morgan fingerprint density at radius 3 is 2.67 bits per heavy atom. The molecule has 0 atom stereocenters. The number of carboxylic acids is 1. The van der Waals surface area contributed by atoms with Crippen molar-refractivity contribution in [3.8, 4) is 0 Å². The van der Waals surface area contributed by atoms with Crippen LogP contribution in [0.2, 0.25) is 0 Å². The first-order valence-corrected chi connectivity index (χ1v) is 7.05. The summed E-state index contributed by atoms with van der Waals surface area (Å²) in [5.74, 6) is -1.67. The normalized spacial score (nSPS) is 18.4. The third-order valence-corrected chi connectivity index (χ3v) is 4.27. The van der Waals surface area contributed by atoms with Crippen molar-refractivity contribution in [3.63, 3.8) is 0 Å². The van der Waals surface area contributed by atoms with Crippen molar-refractivity contribution < 1.29 is 14.3 Å². The van der Waals surface area contributed by atoms with E-state index in [1.54, 1.807) is 0 Å². The van der Waals surface area contributed by atoms with E-state index in [9.17, 15) is 9.18 Å². The van der Waals surface area contributed by atoms with Gasteiger partial charge >= 0.3 is 5.97 Å². The highest BCUT2D eigenvalue weighted by atomic mass is 19.1. The fourth-order valence-electron chi connectivity index (χ4n) is 2.55. The zero-order chi connectivity index (χ0) is 15.6. The first kappa shape index (κ1) is 15.6. The van der Waals surface area contributed by atoms with Crippen LogP contribution in [0.1, 0.15) is 30.1 Å². The van der Waals surface area contributed by atoms with Crippen LogP contribution < -0.4 is 11.1 Å². The molecule has 0 bridgehead atoms. The highest BCUT2D eigenvalue weighted by molar-refractivity contribution is 5.94. The van der Waals surface area contributed by atoms with Gasteiger partial charge < -0.3 is 21.1 Å². The van der Waals surface area contributed by atoms with Crippen molar-refractivity contribution >= 4 is 17.3 Å². The number of benzene rings is 1. The van der Waals surface area contributed by atoms with Gasteiger partial charge in [-0.25, -0.2) is 9.18 Å². The molecule has 0 saturated carbocycles. The summed E-state index contributed by atoms with van der Waals surface area (Å²) in [6, 6.07) is 2.33. The maximum atomic E-state index is 13.9. The zero-order valence-corrected chi connectivity index (χ0v) is 12.4. The molecular weight excluding hydrogens is 273 g/mol. The summed E-state index contributed by atoms with van der Waals surface area (Å²) in [5.41, 5.74) is 5.66. The van der Waals surface area contributed by atoms with Gasteiger partial charge in [-0.15, -0.1) is 0 Å². The van der Waals surface area contributed by atoms with Gasteiger partial charge in [-0.2, -0.15) is 0 Å². The minimum absolute atomic E-state index is 0.0592. The van der Waals surface area contributed by atoms with Gasteiger partial charge in [0.15, 0.2) is 0 Å². The minimum Gasteiger partial charge on any atom is -0.478 e. The van der Waals surface area contributed by atoms with Crippen LogP contribution in [0, 0.1) is 11.2 Å². The molecule has 0 amide bonds. The molecule has 0 spiro atoms. The van der Waals surface area contributed by atoms with Crippen molar-refractivity contribution in [2.45, 2.75) is 19.8 Å². The molecule has 2 rings (SSSR count). The Hall–Kier alpha value is -1.82. The lowest BCUT2D eigenvalue weighted by atomic mass is 9.80. The van der Waals surface area contributed by atoms with Crippen molar-refractivity contribution in [1.29, 1.82) is 0 Å². The van der Waals surface area contributed by atoms with Crippen molar-refractivity contribution in [1.82, 2.24) is 4.90 Å². The van der Waals surface area contributed by atoms with Crippen molar-refractivity contribution in [2.75, 3.05) is 37.7 Å². The van der Waals surface area contributed by atoms with E-state index in [-0.39, 0.29) is 22.4 Å². The van der Waals surface area contributed by atoms with E-state index >= 15 is 0 Å². The van der Waals surface area contributed by atoms with E-state index in [2.05, 4.69) is 24.2 Å². The lowest BCUT2D eigenvalue weighted by Gasteiger charge is -2.38. The molecule has 1 aromatic rings. The Morgan fingerprint density at radius 1 is 1.48 bits per heavy atom. The molecule has 0 unspecified atom stereocenters. The number of nitrogens with two attached hydrogens (primary N) is 1. The smallest absolute Gasteiger partial charge is 0.337 e. The van der Waals surface area contributed by atoms with Gasteiger partial charge in [0.05, 0.1) is 11.3 Å². The Labute approximate surface area is 123 Å². The van der Waals surface area contributed by atoms with Crippen LogP contribution >= 0.6 is 0 Å². The molecular formula is C15H22FN3O2. The Balaban J connectivity index is 2.09. The molecule has 1 saturated heterocycles. The predicted molar refractivity (Wildman–Crippen MR) is 81.1 cm³/mol. The van der Waals surface area contributed by atoms with Gasteiger partial charge in [0.25, 0.3) is 0 Å². The molecule has 1 aliphatic heterocycles. The third-order valence-electron chi connectivity index (χ3n) is 4.27. The lowest BCUT2D eigenvalue weighted by molar-refractivity contribution is 0.0698. The molecule has 1 fully saturated rings. The fraction of sp³-hybridized carbons (Fsp3) is 0.533. The Bertz CT molecular complexity index is 540. The number of carbonyl (C=O) groups is 1. The summed E-state index contributed by atoms with van der Waals surface area (Å²) in [7, 11) is 2.09. The van der Waals surface area contributed by atoms with Gasteiger partial charge in [-0.1, -0.05) is 6.92 Å². The van der Waals surface area contributed by atoms with Gasteiger partial charge in [0, 0.05) is 12.2 Å². The molecule has 0 aromatic heterocycles. The summed E-state index contributed by atoms with van der Waals surface area (Å²) in [6.45, 7) is 4.81. The Morgan fingerprint density at radius 2 is 2.10 bits per heavy atom. The number of piperidine rings is 1. The summed E-state index contributed by atoms with van der Waals surface area (Å²) in [4.78, 5) is 13.3. The molecule has 116 valence electrons. The van der Waals surface area contributed by atoms with E-state index < -0.39 is 11.8 Å². The number of hydrogen-bond acceptors (Lipinski definition) is 4. The van der Waals surface area contributed by atoms with E-state index in [1.165, 1.54) is 6.07 Å². The molecule has 1 aromatic carbocycles. The quantitative estimate of drug-likeness (QED) is 0.743. The van der Waals surface area contributed by atoms with Crippen LogP contribution in [-0.2, 0) is 0 Å². The number of nitrogen functional groups attached to an aromatic ring is 1. The summed E-state index contributed by atoms with van der Waals surface area (Å²) in [5, 5.41) is 12.1. The second-order valence-corrected chi connectivity index (χ2v) is 6.19.